The summed E-state index contributed by atoms with van der Waals surface area (Å²) in [6.45, 7) is 1.97. The number of hydrogen-bond acceptors (Lipinski definition) is 5. The van der Waals surface area contributed by atoms with Crippen LogP contribution in [0.1, 0.15) is 32.2 Å². The van der Waals surface area contributed by atoms with Crippen molar-refractivity contribution in [1.82, 2.24) is 5.16 Å². The molecule has 1 heterocycles. The summed E-state index contributed by atoms with van der Waals surface area (Å²) in [6, 6.07) is 6.17. The standard InChI is InChI=1S/C14H14N2O5/c1-8-3-4-11(10(5-8)14(18)19)15-13(17)12-6-9(7-20-2)21-16-12/h3-6H,7H2,1-2H3,(H,15,17)(H,18,19). The smallest absolute Gasteiger partial charge is 0.337 e. The molecule has 0 saturated heterocycles. The number of benzene rings is 1. The summed E-state index contributed by atoms with van der Waals surface area (Å²) >= 11 is 0. The van der Waals surface area contributed by atoms with Crippen LogP contribution in [0.2, 0.25) is 0 Å². The summed E-state index contributed by atoms with van der Waals surface area (Å²) < 4.78 is 9.77. The van der Waals surface area contributed by atoms with E-state index in [0.29, 0.717) is 5.76 Å². The highest BCUT2D eigenvalue weighted by Gasteiger charge is 2.16. The number of aryl methyl sites for hydroxylation is 1. The van der Waals surface area contributed by atoms with Gasteiger partial charge < -0.3 is 19.7 Å². The molecule has 0 bridgehead atoms. The van der Waals surface area contributed by atoms with Gasteiger partial charge in [-0.15, -0.1) is 0 Å². The van der Waals surface area contributed by atoms with Gasteiger partial charge in [0.2, 0.25) is 0 Å². The number of nitrogens with one attached hydrogen (secondary N) is 1. The summed E-state index contributed by atoms with van der Waals surface area (Å²) in [4.78, 5) is 23.2. The van der Waals surface area contributed by atoms with Crippen LogP contribution in [0.15, 0.2) is 28.8 Å². The van der Waals surface area contributed by atoms with Gasteiger partial charge in [0, 0.05) is 13.2 Å². The minimum atomic E-state index is -1.12. The number of carboxylic acids is 1. The predicted octanol–water partition coefficient (Wildman–Crippen LogP) is 2.08. The van der Waals surface area contributed by atoms with E-state index < -0.39 is 11.9 Å². The van der Waals surface area contributed by atoms with Crippen LogP contribution >= 0.6 is 0 Å². The number of methoxy groups -OCH3 is 1. The van der Waals surface area contributed by atoms with Crippen LogP contribution < -0.4 is 5.32 Å². The molecule has 0 aliphatic rings. The molecule has 0 fully saturated rings. The van der Waals surface area contributed by atoms with Gasteiger partial charge in [-0.2, -0.15) is 0 Å². The number of carboxylic acid groups (broad SMARTS) is 1. The van der Waals surface area contributed by atoms with E-state index in [1.807, 2.05) is 0 Å². The fourth-order valence-corrected chi connectivity index (χ4v) is 1.76. The lowest BCUT2D eigenvalue weighted by molar-refractivity contribution is 0.0698. The molecule has 1 amide bonds. The zero-order valence-electron chi connectivity index (χ0n) is 11.5. The van der Waals surface area contributed by atoms with Gasteiger partial charge in [-0.05, 0) is 19.1 Å². The van der Waals surface area contributed by atoms with Gasteiger partial charge in [0.1, 0.15) is 6.61 Å². The van der Waals surface area contributed by atoms with Crippen molar-refractivity contribution >= 4 is 17.6 Å². The Bertz CT molecular complexity index is 678. The van der Waals surface area contributed by atoms with Crippen molar-refractivity contribution in [3.05, 3.63) is 46.8 Å². The van der Waals surface area contributed by atoms with Gasteiger partial charge in [-0.3, -0.25) is 4.79 Å². The summed E-state index contributed by atoms with van der Waals surface area (Å²) in [6.07, 6.45) is 0. The Morgan fingerprint density at radius 1 is 1.38 bits per heavy atom. The Hall–Kier alpha value is -2.67. The lowest BCUT2D eigenvalue weighted by atomic mass is 10.1. The first kappa shape index (κ1) is 14.7. The van der Waals surface area contributed by atoms with E-state index in [9.17, 15) is 9.59 Å². The number of aromatic nitrogens is 1. The first-order valence-electron chi connectivity index (χ1n) is 6.11. The lowest BCUT2D eigenvalue weighted by Crippen LogP contribution is -2.15. The number of rotatable bonds is 5. The second-order valence-electron chi connectivity index (χ2n) is 4.42. The third-order valence-corrected chi connectivity index (χ3v) is 2.73. The zero-order chi connectivity index (χ0) is 15.4. The molecule has 0 saturated carbocycles. The SMILES string of the molecule is COCc1cc(C(=O)Nc2ccc(C)cc2C(=O)O)no1. The average molecular weight is 290 g/mol. The second kappa shape index (κ2) is 6.19. The Labute approximate surface area is 120 Å². The third-order valence-electron chi connectivity index (χ3n) is 2.73. The number of nitrogens with zero attached hydrogens (tertiary/aromatic N) is 1. The maximum atomic E-state index is 12.0. The van der Waals surface area contributed by atoms with Gasteiger partial charge >= 0.3 is 5.97 Å². The number of anilines is 1. The molecule has 0 aliphatic heterocycles. The predicted molar refractivity (Wildman–Crippen MR) is 73.3 cm³/mol. The van der Waals surface area contributed by atoms with Gasteiger partial charge in [0.05, 0.1) is 11.3 Å². The Kier molecular flexibility index (Phi) is 4.34. The van der Waals surface area contributed by atoms with E-state index in [1.54, 1.807) is 13.0 Å². The van der Waals surface area contributed by atoms with E-state index in [4.69, 9.17) is 14.4 Å². The van der Waals surface area contributed by atoms with Gasteiger partial charge in [-0.25, -0.2) is 4.79 Å². The molecule has 2 rings (SSSR count). The lowest BCUT2D eigenvalue weighted by Gasteiger charge is -2.07. The van der Waals surface area contributed by atoms with Crippen LogP contribution in [-0.4, -0.2) is 29.2 Å². The first-order valence-corrected chi connectivity index (χ1v) is 6.11. The number of hydrogen-bond donors (Lipinski definition) is 2. The molecule has 110 valence electrons. The summed E-state index contributed by atoms with van der Waals surface area (Å²) in [5.74, 6) is -1.26. The molecule has 2 aromatic rings. The van der Waals surface area contributed by atoms with E-state index in [-0.39, 0.29) is 23.6 Å². The molecule has 0 unspecified atom stereocenters. The van der Waals surface area contributed by atoms with Crippen LogP contribution in [0.3, 0.4) is 0 Å². The van der Waals surface area contributed by atoms with E-state index in [1.165, 1.54) is 25.3 Å². The van der Waals surface area contributed by atoms with Crippen molar-refractivity contribution in [3.63, 3.8) is 0 Å². The maximum absolute atomic E-state index is 12.0. The Morgan fingerprint density at radius 3 is 2.81 bits per heavy atom. The van der Waals surface area contributed by atoms with Crippen molar-refractivity contribution in [3.8, 4) is 0 Å². The van der Waals surface area contributed by atoms with Gasteiger partial charge in [0.15, 0.2) is 11.5 Å². The van der Waals surface area contributed by atoms with Gasteiger partial charge in [0.25, 0.3) is 5.91 Å². The number of aromatic carboxylic acids is 1. The van der Waals surface area contributed by atoms with Crippen LogP contribution in [0.25, 0.3) is 0 Å². The molecule has 7 nitrogen and oxygen atoms in total. The number of amides is 1. The maximum Gasteiger partial charge on any atom is 0.337 e. The topological polar surface area (TPSA) is 102 Å². The van der Waals surface area contributed by atoms with Crippen LogP contribution in [-0.2, 0) is 11.3 Å². The molecule has 1 aromatic heterocycles. The van der Waals surface area contributed by atoms with E-state index >= 15 is 0 Å². The molecule has 2 N–H and O–H groups in total. The molecule has 21 heavy (non-hydrogen) atoms. The normalized spacial score (nSPS) is 10.4. The van der Waals surface area contributed by atoms with Crippen LogP contribution in [0.4, 0.5) is 5.69 Å². The van der Waals surface area contributed by atoms with Crippen LogP contribution in [0.5, 0.6) is 0 Å². The highest BCUT2D eigenvalue weighted by molar-refractivity contribution is 6.06. The summed E-state index contributed by atoms with van der Waals surface area (Å²) in [5, 5.41) is 15.3. The highest BCUT2D eigenvalue weighted by atomic mass is 16.5. The van der Waals surface area contributed by atoms with Gasteiger partial charge in [-0.1, -0.05) is 16.8 Å². The van der Waals surface area contributed by atoms with Crippen molar-refractivity contribution in [2.45, 2.75) is 13.5 Å². The molecule has 0 radical (unpaired) electrons. The third kappa shape index (κ3) is 3.46. The van der Waals surface area contributed by atoms with Crippen molar-refractivity contribution < 1.29 is 24.0 Å². The summed E-state index contributed by atoms with van der Waals surface area (Å²) in [7, 11) is 1.49. The minimum absolute atomic E-state index is 0.0176. The molecule has 0 spiro atoms. The van der Waals surface area contributed by atoms with Crippen molar-refractivity contribution in [2.24, 2.45) is 0 Å². The molecular weight excluding hydrogens is 276 g/mol. The zero-order valence-corrected chi connectivity index (χ0v) is 11.5. The van der Waals surface area contributed by atoms with Crippen LogP contribution in [0, 0.1) is 6.92 Å². The largest absolute Gasteiger partial charge is 0.478 e. The molecule has 0 atom stereocenters. The molecule has 1 aromatic carbocycles. The second-order valence-corrected chi connectivity index (χ2v) is 4.42. The minimum Gasteiger partial charge on any atom is -0.478 e. The fourth-order valence-electron chi connectivity index (χ4n) is 1.76. The molecule has 0 aliphatic carbocycles. The first-order chi connectivity index (χ1) is 10.0. The molecular formula is C14H14N2O5. The highest BCUT2D eigenvalue weighted by Crippen LogP contribution is 2.18. The molecule has 7 heteroatoms. The Balaban J connectivity index is 2.20. The number of carbonyl (C=O) groups is 2. The average Bonchev–Trinajstić information content (AvgIpc) is 2.89. The van der Waals surface area contributed by atoms with E-state index in [2.05, 4.69) is 10.5 Å². The quantitative estimate of drug-likeness (QED) is 0.874. The number of carbonyl (C=O) groups excluding carboxylic acids is 1. The fraction of sp³-hybridized carbons (Fsp3) is 0.214. The summed E-state index contributed by atoms with van der Waals surface area (Å²) in [5.41, 5.74) is 1.06. The number of ether oxygens (including phenoxy) is 1. The Morgan fingerprint density at radius 2 is 2.14 bits per heavy atom. The van der Waals surface area contributed by atoms with Crippen molar-refractivity contribution in [1.29, 1.82) is 0 Å². The monoisotopic (exact) mass is 290 g/mol. The van der Waals surface area contributed by atoms with E-state index in [0.717, 1.165) is 5.56 Å². The van der Waals surface area contributed by atoms with Crippen molar-refractivity contribution in [2.75, 3.05) is 12.4 Å².